The second-order valence-electron chi connectivity index (χ2n) is 7.07. The Hall–Kier alpha value is -3.18. The zero-order chi connectivity index (χ0) is 22.2. The fraction of sp³-hybridized carbons (Fsp3) is 0.400. The minimum Gasteiger partial charge on any atom is -0.394 e. The fourth-order valence-electron chi connectivity index (χ4n) is 3.26. The number of benzene rings is 1. The van der Waals surface area contributed by atoms with Crippen LogP contribution >= 0.6 is 0 Å². The highest BCUT2D eigenvalue weighted by molar-refractivity contribution is 5.89. The number of amides is 3. The van der Waals surface area contributed by atoms with Crippen LogP contribution in [0.4, 0.5) is 19.3 Å². The Bertz CT molecular complexity index is 902. The van der Waals surface area contributed by atoms with E-state index in [1.807, 2.05) is 0 Å². The summed E-state index contributed by atoms with van der Waals surface area (Å²) in [4.78, 5) is 32.1. The first-order chi connectivity index (χ1) is 14.9. The van der Waals surface area contributed by atoms with E-state index in [-0.39, 0.29) is 31.2 Å². The summed E-state index contributed by atoms with van der Waals surface area (Å²) in [5, 5.41) is 17.2. The van der Waals surface area contributed by atoms with Crippen LogP contribution in [-0.2, 0) is 16.1 Å². The first kappa shape index (κ1) is 22.5. The SMILES string of the molecule is O=C(C[C@@H]1CC[C@H](NC(=O)Nc2cc(F)ccc2F)[C@@H](CO)O1)NCc1ccncn1. The molecule has 166 valence electrons. The largest absolute Gasteiger partial charge is 0.394 e. The normalized spacial score (nSPS) is 20.7. The molecule has 31 heavy (non-hydrogen) atoms. The lowest BCUT2D eigenvalue weighted by molar-refractivity contribution is -0.130. The van der Waals surface area contributed by atoms with Gasteiger partial charge < -0.3 is 25.8 Å². The highest BCUT2D eigenvalue weighted by Crippen LogP contribution is 2.22. The van der Waals surface area contributed by atoms with E-state index in [1.54, 1.807) is 12.3 Å². The number of hydrogen-bond donors (Lipinski definition) is 4. The van der Waals surface area contributed by atoms with E-state index in [0.717, 1.165) is 18.2 Å². The molecule has 0 saturated carbocycles. The van der Waals surface area contributed by atoms with E-state index in [1.165, 1.54) is 6.33 Å². The highest BCUT2D eigenvalue weighted by Gasteiger charge is 2.33. The van der Waals surface area contributed by atoms with Crippen LogP contribution in [0.5, 0.6) is 0 Å². The van der Waals surface area contributed by atoms with Crippen molar-refractivity contribution in [2.75, 3.05) is 11.9 Å². The summed E-state index contributed by atoms with van der Waals surface area (Å²) in [5.74, 6) is -1.69. The molecular formula is C20H23F2N5O4. The van der Waals surface area contributed by atoms with Gasteiger partial charge in [0.25, 0.3) is 0 Å². The summed E-state index contributed by atoms with van der Waals surface area (Å²) in [5.41, 5.74) is 0.374. The van der Waals surface area contributed by atoms with Gasteiger partial charge in [0.1, 0.15) is 24.1 Å². The molecule has 0 aliphatic carbocycles. The van der Waals surface area contributed by atoms with Crippen molar-refractivity contribution in [2.45, 2.75) is 44.1 Å². The topological polar surface area (TPSA) is 125 Å². The standard InChI is InChI=1S/C20H23F2N5O4/c21-12-1-3-15(22)17(7-12)27-20(30)26-16-4-2-14(31-18(16)10-28)8-19(29)24-9-13-5-6-23-11-25-13/h1,3,5-7,11,14,16,18,28H,2,4,8-10H2,(H,24,29)(H2,26,27,30)/t14-,16-,18+/m0/s1. The minimum atomic E-state index is -0.775. The summed E-state index contributed by atoms with van der Waals surface area (Å²) >= 11 is 0. The van der Waals surface area contributed by atoms with Gasteiger partial charge in [0, 0.05) is 12.3 Å². The van der Waals surface area contributed by atoms with Crippen LogP contribution in [0, 0.1) is 11.6 Å². The lowest BCUT2D eigenvalue weighted by atomic mass is 9.97. The third kappa shape index (κ3) is 6.66. The zero-order valence-corrected chi connectivity index (χ0v) is 16.6. The molecule has 2 heterocycles. The molecule has 1 fully saturated rings. The quantitative estimate of drug-likeness (QED) is 0.522. The molecule has 1 aliphatic rings. The van der Waals surface area contributed by atoms with Crippen molar-refractivity contribution in [3.8, 4) is 0 Å². The number of carbonyl (C=O) groups is 2. The average Bonchev–Trinajstić information content (AvgIpc) is 2.76. The fourth-order valence-corrected chi connectivity index (χ4v) is 3.26. The van der Waals surface area contributed by atoms with Gasteiger partial charge in [0.2, 0.25) is 5.91 Å². The summed E-state index contributed by atoms with van der Waals surface area (Å²) in [6, 6.07) is 3.10. The molecular weight excluding hydrogens is 412 g/mol. The molecule has 0 spiro atoms. The summed E-state index contributed by atoms with van der Waals surface area (Å²) in [6.45, 7) is -0.114. The minimum absolute atomic E-state index is 0.0923. The molecule has 2 aromatic rings. The van der Waals surface area contributed by atoms with Crippen molar-refractivity contribution >= 4 is 17.6 Å². The number of rotatable bonds is 7. The highest BCUT2D eigenvalue weighted by atomic mass is 19.1. The van der Waals surface area contributed by atoms with Gasteiger partial charge in [-0.25, -0.2) is 23.5 Å². The van der Waals surface area contributed by atoms with E-state index in [9.17, 15) is 23.5 Å². The van der Waals surface area contributed by atoms with Crippen LogP contribution < -0.4 is 16.0 Å². The van der Waals surface area contributed by atoms with Gasteiger partial charge in [-0.3, -0.25) is 4.79 Å². The number of carbonyl (C=O) groups excluding carboxylic acids is 2. The lowest BCUT2D eigenvalue weighted by Crippen LogP contribution is -2.52. The maximum Gasteiger partial charge on any atom is 0.319 e. The molecule has 0 unspecified atom stereocenters. The second kappa shape index (κ2) is 10.7. The maximum absolute atomic E-state index is 13.7. The molecule has 11 heteroatoms. The second-order valence-corrected chi connectivity index (χ2v) is 7.07. The number of aromatic nitrogens is 2. The Morgan fingerprint density at radius 2 is 2.06 bits per heavy atom. The van der Waals surface area contributed by atoms with Gasteiger partial charge in [-0.05, 0) is 31.0 Å². The van der Waals surface area contributed by atoms with E-state index in [2.05, 4.69) is 25.9 Å². The van der Waals surface area contributed by atoms with Crippen LogP contribution in [0.25, 0.3) is 0 Å². The molecule has 1 aliphatic heterocycles. The number of urea groups is 1. The van der Waals surface area contributed by atoms with Gasteiger partial charge >= 0.3 is 6.03 Å². The van der Waals surface area contributed by atoms with Crippen molar-refractivity contribution in [2.24, 2.45) is 0 Å². The Labute approximate surface area is 177 Å². The molecule has 4 N–H and O–H groups in total. The van der Waals surface area contributed by atoms with Crippen molar-refractivity contribution in [1.82, 2.24) is 20.6 Å². The lowest BCUT2D eigenvalue weighted by Gasteiger charge is -2.35. The molecule has 0 radical (unpaired) electrons. The average molecular weight is 435 g/mol. The molecule has 3 amide bonds. The molecule has 1 aromatic carbocycles. The Kier molecular flexibility index (Phi) is 7.79. The number of halogens is 2. The third-order valence-corrected chi connectivity index (χ3v) is 4.81. The van der Waals surface area contributed by atoms with E-state index in [0.29, 0.717) is 18.5 Å². The van der Waals surface area contributed by atoms with E-state index in [4.69, 9.17) is 4.74 Å². The van der Waals surface area contributed by atoms with Crippen LogP contribution in [0.2, 0.25) is 0 Å². The Balaban J connectivity index is 1.46. The van der Waals surface area contributed by atoms with Crippen molar-refractivity contribution in [1.29, 1.82) is 0 Å². The van der Waals surface area contributed by atoms with Crippen molar-refractivity contribution < 1.29 is 28.2 Å². The van der Waals surface area contributed by atoms with Crippen molar-refractivity contribution in [3.05, 3.63) is 54.1 Å². The molecule has 9 nitrogen and oxygen atoms in total. The number of hydrogen-bond acceptors (Lipinski definition) is 6. The first-order valence-electron chi connectivity index (χ1n) is 9.75. The number of nitrogens with one attached hydrogen (secondary N) is 3. The first-order valence-corrected chi connectivity index (χ1v) is 9.75. The molecule has 3 rings (SSSR count). The van der Waals surface area contributed by atoms with Crippen molar-refractivity contribution in [3.63, 3.8) is 0 Å². The smallest absolute Gasteiger partial charge is 0.319 e. The van der Waals surface area contributed by atoms with Crippen LogP contribution in [0.3, 0.4) is 0 Å². The summed E-state index contributed by atoms with van der Waals surface area (Å²) in [7, 11) is 0. The van der Waals surface area contributed by atoms with Gasteiger partial charge in [-0.1, -0.05) is 0 Å². The maximum atomic E-state index is 13.7. The molecule has 3 atom stereocenters. The number of nitrogens with zero attached hydrogens (tertiary/aromatic N) is 2. The predicted molar refractivity (Wildman–Crippen MR) is 106 cm³/mol. The van der Waals surface area contributed by atoms with Crippen LogP contribution in [-0.4, -0.2) is 51.9 Å². The van der Waals surface area contributed by atoms with E-state index < -0.39 is 35.9 Å². The number of anilines is 1. The van der Waals surface area contributed by atoms with Crippen LogP contribution in [0.15, 0.2) is 36.8 Å². The summed E-state index contributed by atoms with van der Waals surface area (Å²) < 4.78 is 32.7. The number of aliphatic hydroxyl groups excluding tert-OH is 1. The molecule has 1 aromatic heterocycles. The van der Waals surface area contributed by atoms with Crippen LogP contribution in [0.1, 0.15) is 25.0 Å². The van der Waals surface area contributed by atoms with Gasteiger partial charge in [0.05, 0.1) is 43.1 Å². The van der Waals surface area contributed by atoms with Gasteiger partial charge in [-0.2, -0.15) is 0 Å². The zero-order valence-electron chi connectivity index (χ0n) is 16.6. The monoisotopic (exact) mass is 435 g/mol. The summed E-state index contributed by atoms with van der Waals surface area (Å²) in [6.07, 6.45) is 2.81. The Morgan fingerprint density at radius 1 is 1.23 bits per heavy atom. The van der Waals surface area contributed by atoms with Gasteiger partial charge in [-0.15, -0.1) is 0 Å². The predicted octanol–water partition coefficient (Wildman–Crippen LogP) is 1.49. The van der Waals surface area contributed by atoms with Gasteiger partial charge in [0.15, 0.2) is 0 Å². The Morgan fingerprint density at radius 3 is 2.81 bits per heavy atom. The number of ether oxygens (including phenoxy) is 1. The third-order valence-electron chi connectivity index (χ3n) is 4.81. The molecule has 0 bridgehead atoms. The number of aliphatic hydroxyl groups is 1. The molecule has 1 saturated heterocycles. The van der Waals surface area contributed by atoms with E-state index >= 15 is 0 Å².